The lowest BCUT2D eigenvalue weighted by molar-refractivity contribution is -0.913. The van der Waals surface area contributed by atoms with E-state index in [0.717, 1.165) is 5.03 Å². The Morgan fingerprint density at radius 3 is 2.31 bits per heavy atom. The predicted molar refractivity (Wildman–Crippen MR) is 74.0 cm³/mol. The first-order valence-electron chi connectivity index (χ1n) is 5.49. The zero-order valence-corrected chi connectivity index (χ0v) is 12.6. The Kier molecular flexibility index (Phi) is 8.57. The van der Waals surface area contributed by atoms with E-state index >= 15 is 0 Å². The average Bonchev–Trinajstić information content (AvgIpc) is 2.32. The van der Waals surface area contributed by atoms with Crippen LogP contribution in [0.2, 0.25) is 0 Å². The first-order valence-corrected chi connectivity index (χ1v) is 8.05. The van der Waals surface area contributed by atoms with E-state index in [4.69, 9.17) is 4.84 Å². The quantitative estimate of drug-likeness (QED) is 0.607. The minimum absolute atomic E-state index is 0.532. The van der Waals surface area contributed by atoms with Crippen LogP contribution in [-0.4, -0.2) is 13.4 Å². The van der Waals surface area contributed by atoms with Gasteiger partial charge < -0.3 is 0 Å². The second kappa shape index (κ2) is 8.76. The normalized spacial score (nSPS) is 9.69. The van der Waals surface area contributed by atoms with Crippen LogP contribution >= 0.6 is 21.6 Å². The van der Waals surface area contributed by atoms with Gasteiger partial charge in [-0.2, -0.15) is 0 Å². The molecule has 92 valence electrons. The molecule has 2 nitrogen and oxygen atoms in total. The molecule has 0 spiro atoms. The largest absolute Gasteiger partial charge is 0.301 e. The predicted octanol–water partition coefficient (Wildman–Crippen LogP) is 3.55. The molecule has 0 saturated heterocycles. The molecule has 1 rings (SSSR count). The SMILES string of the molecule is CC.CO[n+]1cc(C(C)C)ccc1SSC. The summed E-state index contributed by atoms with van der Waals surface area (Å²) < 4.78 is 1.82. The number of aromatic nitrogens is 1. The maximum atomic E-state index is 5.27. The van der Waals surface area contributed by atoms with Gasteiger partial charge in [0.25, 0.3) is 0 Å². The summed E-state index contributed by atoms with van der Waals surface area (Å²) in [7, 11) is 5.10. The molecule has 0 amide bonds. The van der Waals surface area contributed by atoms with Crippen molar-refractivity contribution in [1.82, 2.24) is 0 Å². The molecule has 0 N–H and O–H groups in total. The molecule has 16 heavy (non-hydrogen) atoms. The highest BCUT2D eigenvalue weighted by Gasteiger charge is 2.14. The van der Waals surface area contributed by atoms with Crippen molar-refractivity contribution < 1.29 is 9.57 Å². The number of rotatable bonds is 4. The summed E-state index contributed by atoms with van der Waals surface area (Å²) in [5, 5.41) is 1.12. The monoisotopic (exact) mass is 260 g/mol. The van der Waals surface area contributed by atoms with E-state index in [0.29, 0.717) is 5.92 Å². The molecule has 0 saturated carbocycles. The molecular formula is C12H22NOS2+. The van der Waals surface area contributed by atoms with Gasteiger partial charge in [-0.05, 0) is 18.2 Å². The summed E-state index contributed by atoms with van der Waals surface area (Å²) in [6, 6.07) is 4.25. The second-order valence-corrected chi connectivity index (χ2v) is 5.63. The van der Waals surface area contributed by atoms with Gasteiger partial charge in [0.15, 0.2) is 0 Å². The van der Waals surface area contributed by atoms with Crippen molar-refractivity contribution in [2.75, 3.05) is 13.4 Å². The van der Waals surface area contributed by atoms with Crippen LogP contribution in [0, 0.1) is 0 Å². The van der Waals surface area contributed by atoms with Gasteiger partial charge in [-0.3, -0.25) is 4.84 Å². The second-order valence-electron chi connectivity index (χ2n) is 3.21. The Labute approximate surface area is 107 Å². The van der Waals surface area contributed by atoms with Crippen LogP contribution in [0.3, 0.4) is 0 Å². The minimum Gasteiger partial charge on any atom is -0.273 e. The van der Waals surface area contributed by atoms with Gasteiger partial charge in [-0.1, -0.05) is 38.5 Å². The van der Waals surface area contributed by atoms with Gasteiger partial charge in [-0.25, -0.2) is 0 Å². The molecule has 0 aliphatic rings. The van der Waals surface area contributed by atoms with E-state index in [1.54, 1.807) is 28.7 Å². The Balaban J connectivity index is 0.00000106. The summed E-state index contributed by atoms with van der Waals surface area (Å²) >= 11 is 0. The van der Waals surface area contributed by atoms with E-state index < -0.39 is 0 Å². The van der Waals surface area contributed by atoms with Crippen molar-refractivity contribution in [3.8, 4) is 0 Å². The van der Waals surface area contributed by atoms with Crippen molar-refractivity contribution in [2.45, 2.75) is 38.6 Å². The van der Waals surface area contributed by atoms with Gasteiger partial charge in [0.2, 0.25) is 6.20 Å². The van der Waals surface area contributed by atoms with E-state index in [1.807, 2.05) is 24.8 Å². The molecule has 0 aliphatic heterocycles. The Morgan fingerprint density at radius 2 is 1.88 bits per heavy atom. The van der Waals surface area contributed by atoms with Crippen LogP contribution in [-0.2, 0) is 0 Å². The Hall–Kier alpha value is -0.350. The lowest BCUT2D eigenvalue weighted by atomic mass is 10.1. The molecule has 1 aromatic heterocycles. The third-order valence-corrected chi connectivity index (χ3v) is 3.60. The topological polar surface area (TPSA) is 13.1 Å². The summed E-state index contributed by atoms with van der Waals surface area (Å²) in [5.41, 5.74) is 1.29. The van der Waals surface area contributed by atoms with Crippen molar-refractivity contribution in [1.29, 1.82) is 0 Å². The van der Waals surface area contributed by atoms with Gasteiger partial charge in [0.1, 0.15) is 7.11 Å². The molecule has 1 aromatic rings. The molecule has 0 aliphatic carbocycles. The molecule has 0 unspecified atom stereocenters. The van der Waals surface area contributed by atoms with Crippen molar-refractivity contribution in [2.24, 2.45) is 0 Å². The molecule has 0 fully saturated rings. The molecular weight excluding hydrogens is 238 g/mol. The van der Waals surface area contributed by atoms with Gasteiger partial charge in [0, 0.05) is 27.2 Å². The van der Waals surface area contributed by atoms with Gasteiger partial charge in [-0.15, -0.1) is 0 Å². The minimum atomic E-state index is 0.532. The summed E-state index contributed by atoms with van der Waals surface area (Å²) in [5.74, 6) is 0.532. The third-order valence-electron chi connectivity index (χ3n) is 1.93. The van der Waals surface area contributed by atoms with Crippen LogP contribution in [0.25, 0.3) is 0 Å². The Morgan fingerprint density at radius 1 is 1.25 bits per heavy atom. The van der Waals surface area contributed by atoms with E-state index in [1.165, 1.54) is 5.56 Å². The number of nitrogens with zero attached hydrogens (tertiary/aromatic N) is 1. The highest BCUT2D eigenvalue weighted by molar-refractivity contribution is 8.76. The fourth-order valence-corrected chi connectivity index (χ4v) is 2.51. The fourth-order valence-electron chi connectivity index (χ4n) is 1.12. The first-order chi connectivity index (χ1) is 7.69. The molecule has 4 heteroatoms. The van der Waals surface area contributed by atoms with Crippen LogP contribution in [0.4, 0.5) is 0 Å². The first kappa shape index (κ1) is 15.7. The van der Waals surface area contributed by atoms with Crippen molar-refractivity contribution >= 4 is 21.6 Å². The number of hydrogen-bond acceptors (Lipinski definition) is 3. The van der Waals surface area contributed by atoms with E-state index in [-0.39, 0.29) is 0 Å². The smallest absolute Gasteiger partial charge is 0.273 e. The van der Waals surface area contributed by atoms with Gasteiger partial charge in [0.05, 0.1) is 0 Å². The van der Waals surface area contributed by atoms with Crippen molar-refractivity contribution in [3.63, 3.8) is 0 Å². The summed E-state index contributed by atoms with van der Waals surface area (Å²) in [6.07, 6.45) is 4.10. The lowest BCUT2D eigenvalue weighted by Crippen LogP contribution is -2.42. The molecule has 0 bridgehead atoms. The van der Waals surface area contributed by atoms with Crippen LogP contribution < -0.4 is 9.57 Å². The molecule has 0 atom stereocenters. The number of pyridine rings is 1. The molecule has 1 heterocycles. The van der Waals surface area contributed by atoms with Crippen LogP contribution in [0.1, 0.15) is 39.2 Å². The highest BCUT2D eigenvalue weighted by Crippen LogP contribution is 2.25. The number of hydrogen-bond donors (Lipinski definition) is 0. The lowest BCUT2D eigenvalue weighted by Gasteiger charge is -2.04. The van der Waals surface area contributed by atoms with Crippen LogP contribution in [0.15, 0.2) is 23.4 Å². The highest BCUT2D eigenvalue weighted by atomic mass is 33.1. The van der Waals surface area contributed by atoms with Gasteiger partial charge >= 0.3 is 5.03 Å². The molecule has 0 radical (unpaired) electrons. The average molecular weight is 260 g/mol. The maximum absolute atomic E-state index is 5.27. The third kappa shape index (κ3) is 4.66. The molecule has 0 aromatic carbocycles. The van der Waals surface area contributed by atoms with E-state index in [9.17, 15) is 0 Å². The van der Waals surface area contributed by atoms with Crippen molar-refractivity contribution in [3.05, 3.63) is 23.9 Å². The maximum Gasteiger partial charge on any atom is 0.301 e. The summed E-state index contributed by atoms with van der Waals surface area (Å²) in [6.45, 7) is 8.35. The zero-order valence-electron chi connectivity index (χ0n) is 11.0. The Bertz CT molecular complexity index is 303. The fraction of sp³-hybridized carbons (Fsp3) is 0.583. The summed E-state index contributed by atoms with van der Waals surface area (Å²) in [4.78, 5) is 5.27. The van der Waals surface area contributed by atoms with E-state index in [2.05, 4.69) is 32.2 Å². The standard InChI is InChI=1S/C10H16NOS2.C2H6/c1-8(2)9-5-6-10(14-13-4)11(7-9)12-3;1-2/h5-8H,1-4H3;1-2H3/q+1;. The zero-order chi connectivity index (χ0) is 12.6. The van der Waals surface area contributed by atoms with Crippen LogP contribution in [0.5, 0.6) is 0 Å².